The number of benzene rings is 1. The van der Waals surface area contributed by atoms with Gasteiger partial charge in [0, 0.05) is 45.2 Å². The lowest BCUT2D eigenvalue weighted by Gasteiger charge is -2.38. The van der Waals surface area contributed by atoms with Gasteiger partial charge in [0.2, 0.25) is 15.9 Å². The fourth-order valence-electron chi connectivity index (χ4n) is 4.85. The van der Waals surface area contributed by atoms with Crippen molar-refractivity contribution in [1.82, 2.24) is 14.1 Å². The molecule has 2 fully saturated rings. The van der Waals surface area contributed by atoms with E-state index in [2.05, 4.69) is 0 Å². The van der Waals surface area contributed by atoms with E-state index in [1.807, 2.05) is 6.92 Å². The van der Waals surface area contributed by atoms with Gasteiger partial charge in [-0.05, 0) is 77.0 Å². The molecule has 8 nitrogen and oxygen atoms in total. The van der Waals surface area contributed by atoms with Crippen LogP contribution in [0.3, 0.4) is 0 Å². The van der Waals surface area contributed by atoms with Crippen molar-refractivity contribution in [2.75, 3.05) is 26.7 Å². The van der Waals surface area contributed by atoms with Gasteiger partial charge in [0.1, 0.15) is 5.60 Å². The summed E-state index contributed by atoms with van der Waals surface area (Å²) in [4.78, 5) is 27.9. The highest BCUT2D eigenvalue weighted by Crippen LogP contribution is 2.38. The number of nitrogens with zero attached hydrogens (tertiary/aromatic N) is 3. The Bertz CT molecular complexity index is 1120. The van der Waals surface area contributed by atoms with E-state index >= 15 is 0 Å². The number of rotatable bonds is 9. The van der Waals surface area contributed by atoms with Crippen molar-refractivity contribution in [2.45, 2.75) is 95.0 Å². The first kappa shape index (κ1) is 31.2. The number of hydrogen-bond donors (Lipinski definition) is 0. The maximum Gasteiger partial charge on any atom is 0.416 e. The fraction of sp³-hybridized carbons (Fsp3) is 0.704. The molecular formula is C27H40F3N3O5S. The molecule has 1 aromatic rings. The van der Waals surface area contributed by atoms with Gasteiger partial charge in [0.25, 0.3) is 0 Å². The van der Waals surface area contributed by atoms with Crippen LogP contribution in [0.1, 0.15) is 71.8 Å². The fourth-order valence-corrected chi connectivity index (χ4v) is 6.82. The highest BCUT2D eigenvalue weighted by Gasteiger charge is 2.44. The quantitative estimate of drug-likeness (QED) is 0.407. The minimum Gasteiger partial charge on any atom is -0.444 e. The number of sulfonamides is 1. The Labute approximate surface area is 229 Å². The number of carbonyl (C=O) groups is 2. The zero-order chi connectivity index (χ0) is 29.2. The van der Waals surface area contributed by atoms with E-state index in [4.69, 9.17) is 4.74 Å². The number of piperidine rings is 1. The lowest BCUT2D eigenvalue weighted by Crippen LogP contribution is -2.49. The van der Waals surface area contributed by atoms with Crippen molar-refractivity contribution in [1.29, 1.82) is 0 Å². The van der Waals surface area contributed by atoms with Crippen molar-refractivity contribution in [3.63, 3.8) is 0 Å². The van der Waals surface area contributed by atoms with E-state index in [0.29, 0.717) is 64.2 Å². The molecule has 2 amide bonds. The summed E-state index contributed by atoms with van der Waals surface area (Å²) >= 11 is 0. The molecule has 1 aliphatic carbocycles. The molecule has 0 spiro atoms. The van der Waals surface area contributed by atoms with Crippen LogP contribution in [0.4, 0.5) is 18.0 Å². The average Bonchev–Trinajstić information content (AvgIpc) is 3.66. The van der Waals surface area contributed by atoms with Crippen LogP contribution < -0.4 is 0 Å². The maximum absolute atomic E-state index is 13.4. The van der Waals surface area contributed by atoms with E-state index < -0.39 is 33.5 Å². The van der Waals surface area contributed by atoms with Crippen LogP contribution in [0.25, 0.3) is 0 Å². The first-order valence-corrected chi connectivity index (χ1v) is 14.9. The van der Waals surface area contributed by atoms with Crippen molar-refractivity contribution in [3.8, 4) is 0 Å². The van der Waals surface area contributed by atoms with Gasteiger partial charge in [0.15, 0.2) is 0 Å². The van der Waals surface area contributed by atoms with Crippen LogP contribution in [-0.2, 0) is 25.7 Å². The number of ether oxygens (including phenoxy) is 1. The van der Waals surface area contributed by atoms with E-state index in [-0.39, 0.29) is 28.8 Å². The molecule has 220 valence electrons. The molecule has 12 heteroatoms. The molecule has 0 N–H and O–H groups in total. The SMILES string of the molecule is CC(CCC(=O)N1CCC(N(C2CC2)S(=O)(=O)c2cccc(C(F)(F)F)c2)CC1)CN(C)C(=O)OC(C)(C)C. The predicted octanol–water partition coefficient (Wildman–Crippen LogP) is 5.13. The van der Waals surface area contributed by atoms with Crippen LogP contribution in [0.5, 0.6) is 0 Å². The predicted molar refractivity (Wildman–Crippen MR) is 140 cm³/mol. The van der Waals surface area contributed by atoms with E-state index in [1.54, 1.807) is 32.7 Å². The Morgan fingerprint density at radius 3 is 2.21 bits per heavy atom. The number of alkyl halides is 3. The Hall–Kier alpha value is -2.34. The summed E-state index contributed by atoms with van der Waals surface area (Å²) in [5.41, 5.74) is -1.58. The van der Waals surface area contributed by atoms with Gasteiger partial charge in [-0.25, -0.2) is 13.2 Å². The standard InChI is InChI=1S/C27H40F3N3O5S/c1-19(18-31(5)25(35)38-26(2,3)4)9-12-24(34)32-15-13-22(14-16-32)33(21-10-11-21)39(36,37)23-8-6-7-20(17-23)27(28,29)30/h6-8,17,19,21-22H,9-16,18H2,1-5H3. The number of likely N-dealkylation sites (tertiary alicyclic amines) is 1. The maximum atomic E-state index is 13.4. The molecule has 0 radical (unpaired) electrons. The average molecular weight is 576 g/mol. The van der Waals surface area contributed by atoms with Gasteiger partial charge in [-0.2, -0.15) is 17.5 Å². The Balaban J connectivity index is 1.54. The summed E-state index contributed by atoms with van der Waals surface area (Å²) in [5, 5.41) is 0. The lowest BCUT2D eigenvalue weighted by molar-refractivity contribution is -0.137. The molecule has 0 bridgehead atoms. The second kappa shape index (κ2) is 12.0. The largest absolute Gasteiger partial charge is 0.444 e. The number of hydrogen-bond acceptors (Lipinski definition) is 5. The number of amides is 2. The highest BCUT2D eigenvalue weighted by molar-refractivity contribution is 7.89. The normalized spacial score (nSPS) is 18.2. The highest BCUT2D eigenvalue weighted by atomic mass is 32.2. The zero-order valence-corrected chi connectivity index (χ0v) is 24.1. The van der Waals surface area contributed by atoms with Crippen molar-refractivity contribution < 1.29 is 35.9 Å². The number of halogens is 3. The summed E-state index contributed by atoms with van der Waals surface area (Å²) < 4.78 is 73.2. The third-order valence-electron chi connectivity index (χ3n) is 6.96. The molecule has 1 aromatic carbocycles. The van der Waals surface area contributed by atoms with Crippen LogP contribution in [0.2, 0.25) is 0 Å². The summed E-state index contributed by atoms with van der Waals surface area (Å²) in [5.74, 6) is 0.0471. The summed E-state index contributed by atoms with van der Waals surface area (Å²) in [6.07, 6.45) is -1.95. The van der Waals surface area contributed by atoms with Crippen LogP contribution >= 0.6 is 0 Å². The molecular weight excluding hydrogens is 535 g/mol. The summed E-state index contributed by atoms with van der Waals surface area (Å²) in [6, 6.07) is 3.29. The molecule has 1 heterocycles. The molecule has 3 rings (SSSR count). The monoisotopic (exact) mass is 575 g/mol. The Kier molecular flexibility index (Phi) is 9.63. The van der Waals surface area contributed by atoms with Crippen molar-refractivity contribution in [2.24, 2.45) is 5.92 Å². The third kappa shape index (κ3) is 8.57. The van der Waals surface area contributed by atoms with Gasteiger partial charge < -0.3 is 14.5 Å². The second-order valence-corrected chi connectivity index (χ2v) is 13.6. The molecule has 1 aliphatic heterocycles. The minimum absolute atomic E-state index is 0.0288. The summed E-state index contributed by atoms with van der Waals surface area (Å²) in [6.45, 7) is 8.59. The first-order chi connectivity index (χ1) is 18.0. The van der Waals surface area contributed by atoms with E-state index in [0.717, 1.165) is 12.1 Å². The Morgan fingerprint density at radius 2 is 1.67 bits per heavy atom. The van der Waals surface area contributed by atoms with Crippen molar-refractivity contribution >= 4 is 22.0 Å². The Morgan fingerprint density at radius 1 is 1.08 bits per heavy atom. The molecule has 1 atom stereocenters. The van der Waals surface area contributed by atoms with Gasteiger partial charge in [0.05, 0.1) is 10.5 Å². The van der Waals surface area contributed by atoms with Crippen LogP contribution in [0, 0.1) is 5.92 Å². The molecule has 1 saturated heterocycles. The molecule has 2 aliphatic rings. The van der Waals surface area contributed by atoms with Crippen molar-refractivity contribution in [3.05, 3.63) is 29.8 Å². The topological polar surface area (TPSA) is 87.2 Å². The van der Waals surface area contributed by atoms with Crippen LogP contribution in [0.15, 0.2) is 29.2 Å². The molecule has 39 heavy (non-hydrogen) atoms. The first-order valence-electron chi connectivity index (χ1n) is 13.4. The van der Waals surface area contributed by atoms with Gasteiger partial charge >= 0.3 is 12.3 Å². The van der Waals surface area contributed by atoms with E-state index in [9.17, 15) is 31.2 Å². The molecule has 0 aromatic heterocycles. The van der Waals surface area contributed by atoms with Gasteiger partial charge in [-0.3, -0.25) is 4.79 Å². The van der Waals surface area contributed by atoms with Gasteiger partial charge in [-0.15, -0.1) is 0 Å². The van der Waals surface area contributed by atoms with Gasteiger partial charge in [-0.1, -0.05) is 13.0 Å². The molecule has 1 unspecified atom stereocenters. The van der Waals surface area contributed by atoms with E-state index in [1.165, 1.54) is 15.3 Å². The lowest BCUT2D eigenvalue weighted by atomic mass is 10.0. The number of carbonyl (C=O) groups excluding carboxylic acids is 2. The zero-order valence-electron chi connectivity index (χ0n) is 23.3. The summed E-state index contributed by atoms with van der Waals surface area (Å²) in [7, 11) is -2.46. The third-order valence-corrected chi connectivity index (χ3v) is 8.96. The minimum atomic E-state index is -4.63. The van der Waals surface area contributed by atoms with Crippen LogP contribution in [-0.4, -0.2) is 78.9 Å². The molecule has 1 saturated carbocycles. The smallest absolute Gasteiger partial charge is 0.416 e. The second-order valence-electron chi connectivity index (χ2n) is 11.7.